The molecule has 0 aromatic heterocycles. The first kappa shape index (κ1) is 12.9. The molecular weight excluding hydrogens is 236 g/mol. The average molecular weight is 252 g/mol. The van der Waals surface area contributed by atoms with Gasteiger partial charge in [-0.1, -0.05) is 0 Å². The highest BCUT2D eigenvalue weighted by molar-refractivity contribution is 5.97. The fourth-order valence-corrected chi connectivity index (χ4v) is 2.08. The molecule has 0 saturated carbocycles. The number of hydrogen-bond acceptors (Lipinski definition) is 5. The van der Waals surface area contributed by atoms with Gasteiger partial charge in [0.05, 0.1) is 5.56 Å². The van der Waals surface area contributed by atoms with Crippen molar-refractivity contribution in [1.82, 2.24) is 0 Å². The van der Waals surface area contributed by atoms with Crippen LogP contribution in [0, 0.1) is 0 Å². The van der Waals surface area contributed by atoms with Crippen molar-refractivity contribution >= 4 is 5.78 Å². The van der Waals surface area contributed by atoms with Gasteiger partial charge < -0.3 is 20.1 Å². The molecule has 18 heavy (non-hydrogen) atoms. The molecule has 0 aliphatic carbocycles. The van der Waals surface area contributed by atoms with Gasteiger partial charge >= 0.3 is 0 Å². The summed E-state index contributed by atoms with van der Waals surface area (Å²) in [6, 6.07) is 2.65. The Bertz CT molecular complexity index is 506. The number of ketones is 1. The van der Waals surface area contributed by atoms with Crippen molar-refractivity contribution in [2.75, 3.05) is 0 Å². The van der Waals surface area contributed by atoms with E-state index in [0.717, 1.165) is 0 Å². The van der Waals surface area contributed by atoms with E-state index < -0.39 is 17.8 Å². The van der Waals surface area contributed by atoms with E-state index in [-0.39, 0.29) is 22.8 Å². The van der Waals surface area contributed by atoms with Crippen LogP contribution in [0.2, 0.25) is 0 Å². The summed E-state index contributed by atoms with van der Waals surface area (Å²) in [5.74, 6) is -0.234. The lowest BCUT2D eigenvalue weighted by molar-refractivity contribution is -0.111. The molecule has 98 valence electrons. The zero-order chi connectivity index (χ0) is 13.7. The number of rotatable bonds is 1. The van der Waals surface area contributed by atoms with Gasteiger partial charge in [0.2, 0.25) is 0 Å². The lowest BCUT2D eigenvalue weighted by Crippen LogP contribution is -2.48. The quantitative estimate of drug-likeness (QED) is 0.653. The summed E-state index contributed by atoms with van der Waals surface area (Å²) in [4.78, 5) is 11.3. The summed E-state index contributed by atoms with van der Waals surface area (Å²) in [6.45, 7) is 4.59. The normalized spacial score (nSPS) is 25.2. The molecule has 0 saturated heterocycles. The molecule has 1 aromatic carbocycles. The molecule has 2 rings (SSSR count). The lowest BCUT2D eigenvalue weighted by atomic mass is 9.87. The van der Waals surface area contributed by atoms with E-state index in [2.05, 4.69) is 0 Å². The topological polar surface area (TPSA) is 87.0 Å². The zero-order valence-electron chi connectivity index (χ0n) is 10.5. The predicted octanol–water partition coefficient (Wildman–Crippen LogP) is 1.16. The van der Waals surface area contributed by atoms with E-state index in [0.29, 0.717) is 5.56 Å². The van der Waals surface area contributed by atoms with E-state index in [1.807, 2.05) is 0 Å². The van der Waals surface area contributed by atoms with Crippen molar-refractivity contribution in [3.63, 3.8) is 0 Å². The van der Waals surface area contributed by atoms with Crippen molar-refractivity contribution in [2.45, 2.75) is 38.6 Å². The Kier molecular flexibility index (Phi) is 2.83. The number of fused-ring (bicyclic) bond motifs is 1. The van der Waals surface area contributed by atoms with E-state index in [1.165, 1.54) is 19.1 Å². The van der Waals surface area contributed by atoms with Crippen molar-refractivity contribution in [3.8, 4) is 11.5 Å². The highest BCUT2D eigenvalue weighted by Gasteiger charge is 2.42. The van der Waals surface area contributed by atoms with E-state index >= 15 is 0 Å². The van der Waals surface area contributed by atoms with E-state index in [1.54, 1.807) is 13.8 Å². The Morgan fingerprint density at radius 1 is 1.33 bits per heavy atom. The predicted molar refractivity (Wildman–Crippen MR) is 63.8 cm³/mol. The largest absolute Gasteiger partial charge is 0.507 e. The second kappa shape index (κ2) is 3.96. The third-order valence-corrected chi connectivity index (χ3v) is 3.21. The van der Waals surface area contributed by atoms with Crippen molar-refractivity contribution in [2.24, 2.45) is 0 Å². The Morgan fingerprint density at radius 3 is 2.50 bits per heavy atom. The highest BCUT2D eigenvalue weighted by Crippen LogP contribution is 2.42. The standard InChI is InChI=1S/C13H16O5/c1-6(14)7-4-8-10(5-9(7)15)18-13(2,3)12(17)11(8)16/h4-5,11-12,15-17H,1-3H3. The Hall–Kier alpha value is -1.59. The minimum Gasteiger partial charge on any atom is -0.507 e. The fourth-order valence-electron chi connectivity index (χ4n) is 2.08. The minimum absolute atomic E-state index is 0.100. The smallest absolute Gasteiger partial charge is 0.163 e. The van der Waals surface area contributed by atoms with Crippen LogP contribution >= 0.6 is 0 Å². The third kappa shape index (κ3) is 1.85. The number of phenols is 1. The monoisotopic (exact) mass is 252 g/mol. The number of phenolic OH excluding ortho intramolecular Hbond substituents is 1. The van der Waals surface area contributed by atoms with Gasteiger partial charge in [-0.2, -0.15) is 0 Å². The number of carbonyl (C=O) groups is 1. The number of Topliss-reactive ketones (excluding diaryl/α,β-unsaturated/α-hetero) is 1. The molecule has 2 atom stereocenters. The number of aromatic hydroxyl groups is 1. The molecule has 2 unspecified atom stereocenters. The van der Waals surface area contributed by atoms with Crippen LogP contribution in [0.3, 0.4) is 0 Å². The SMILES string of the molecule is CC(=O)c1cc2c(cc1O)OC(C)(C)C(O)C2O. The van der Waals surface area contributed by atoms with Crippen LogP contribution < -0.4 is 4.74 Å². The first-order chi connectivity index (χ1) is 8.24. The molecule has 0 spiro atoms. The highest BCUT2D eigenvalue weighted by atomic mass is 16.5. The maximum absolute atomic E-state index is 11.3. The van der Waals surface area contributed by atoms with Crippen LogP contribution in [0.25, 0.3) is 0 Å². The summed E-state index contributed by atoms with van der Waals surface area (Å²) < 4.78 is 5.54. The molecule has 5 heteroatoms. The van der Waals surface area contributed by atoms with Gasteiger partial charge in [-0.05, 0) is 26.8 Å². The number of hydrogen-bond donors (Lipinski definition) is 3. The molecule has 0 amide bonds. The molecule has 0 bridgehead atoms. The van der Waals surface area contributed by atoms with Crippen LogP contribution in [-0.4, -0.2) is 32.8 Å². The van der Waals surface area contributed by atoms with E-state index in [4.69, 9.17) is 4.74 Å². The van der Waals surface area contributed by atoms with Gasteiger partial charge in [0.25, 0.3) is 0 Å². The van der Waals surface area contributed by atoms with Crippen molar-refractivity contribution in [1.29, 1.82) is 0 Å². The van der Waals surface area contributed by atoms with Crippen LogP contribution in [0.15, 0.2) is 12.1 Å². The Labute approximate surface area is 105 Å². The molecule has 1 aliphatic rings. The fraction of sp³-hybridized carbons (Fsp3) is 0.462. The molecule has 0 radical (unpaired) electrons. The van der Waals surface area contributed by atoms with Gasteiger partial charge in [-0.3, -0.25) is 4.79 Å². The first-order valence-electron chi connectivity index (χ1n) is 5.67. The molecule has 5 nitrogen and oxygen atoms in total. The maximum Gasteiger partial charge on any atom is 0.163 e. The summed E-state index contributed by atoms with van der Waals surface area (Å²) >= 11 is 0. The minimum atomic E-state index is -1.15. The molecule has 0 fully saturated rings. The second-order valence-electron chi connectivity index (χ2n) is 5.06. The summed E-state index contributed by atoms with van der Waals surface area (Å²) in [7, 11) is 0. The number of aliphatic hydroxyl groups is 2. The van der Waals surface area contributed by atoms with Gasteiger partial charge in [0, 0.05) is 11.6 Å². The van der Waals surface area contributed by atoms with Crippen molar-refractivity contribution in [3.05, 3.63) is 23.3 Å². The maximum atomic E-state index is 11.3. The Morgan fingerprint density at radius 2 is 1.94 bits per heavy atom. The van der Waals surface area contributed by atoms with Gasteiger partial charge in [0.15, 0.2) is 5.78 Å². The van der Waals surface area contributed by atoms with Crippen LogP contribution in [0.1, 0.15) is 42.8 Å². The summed E-state index contributed by atoms with van der Waals surface area (Å²) in [5.41, 5.74) is -0.551. The number of carbonyl (C=O) groups excluding carboxylic acids is 1. The summed E-state index contributed by atoms with van der Waals surface area (Å²) in [6.07, 6.45) is -2.25. The van der Waals surface area contributed by atoms with E-state index in [9.17, 15) is 20.1 Å². The van der Waals surface area contributed by atoms with Crippen molar-refractivity contribution < 1.29 is 24.9 Å². The molecule has 3 N–H and O–H groups in total. The van der Waals surface area contributed by atoms with Gasteiger partial charge in [-0.25, -0.2) is 0 Å². The molecule has 1 aliphatic heterocycles. The lowest BCUT2D eigenvalue weighted by Gasteiger charge is -2.40. The second-order valence-corrected chi connectivity index (χ2v) is 5.06. The first-order valence-corrected chi connectivity index (χ1v) is 5.67. The summed E-state index contributed by atoms with van der Waals surface area (Å²) in [5, 5.41) is 29.7. The van der Waals surface area contributed by atoms with Crippen LogP contribution in [-0.2, 0) is 0 Å². The van der Waals surface area contributed by atoms with Crippen LogP contribution in [0.4, 0.5) is 0 Å². The number of aliphatic hydroxyl groups excluding tert-OH is 2. The number of benzene rings is 1. The van der Waals surface area contributed by atoms with Crippen LogP contribution in [0.5, 0.6) is 11.5 Å². The average Bonchev–Trinajstić information content (AvgIpc) is 2.24. The van der Waals surface area contributed by atoms with Gasteiger partial charge in [-0.15, -0.1) is 0 Å². The Balaban J connectivity index is 2.58. The number of ether oxygens (including phenoxy) is 1. The molecule has 1 aromatic rings. The van der Waals surface area contributed by atoms with Gasteiger partial charge in [0.1, 0.15) is 29.3 Å². The third-order valence-electron chi connectivity index (χ3n) is 3.21. The molecule has 1 heterocycles. The molecular formula is C13H16O5. The zero-order valence-corrected chi connectivity index (χ0v) is 10.5.